The largest absolute Gasteiger partial charge is 0.326 e. The molecule has 0 radical (unpaired) electrons. The van der Waals surface area contributed by atoms with E-state index in [1.165, 1.54) is 12.1 Å². The fourth-order valence-electron chi connectivity index (χ4n) is 3.70. The molecule has 7 heteroatoms. The molecule has 144 valence electrons. The summed E-state index contributed by atoms with van der Waals surface area (Å²) in [6, 6.07) is 5.85. The van der Waals surface area contributed by atoms with E-state index in [4.69, 9.17) is 0 Å². The van der Waals surface area contributed by atoms with Crippen molar-refractivity contribution < 1.29 is 18.0 Å². The van der Waals surface area contributed by atoms with Gasteiger partial charge in [0.15, 0.2) is 0 Å². The standard InChI is InChI=1S/C19H28N2O4S/c1-12(2)17-10-5-13(3)11-18(17)19(23)20-15-6-8-16(9-7-15)26(24,25)21-14(4)22/h6-9,12-13,17-18H,5,10-11H2,1-4H3,(H,20,23)(H,21,22)/t13-,17+,18+/m0/s1. The van der Waals surface area contributed by atoms with Crippen LogP contribution in [0.15, 0.2) is 29.2 Å². The second kappa shape index (κ2) is 8.20. The lowest BCUT2D eigenvalue weighted by Crippen LogP contribution is -2.36. The number of anilines is 1. The third-order valence-electron chi connectivity index (χ3n) is 5.07. The summed E-state index contributed by atoms with van der Waals surface area (Å²) in [5, 5.41) is 2.92. The van der Waals surface area contributed by atoms with Gasteiger partial charge in [-0.15, -0.1) is 0 Å². The fourth-order valence-corrected chi connectivity index (χ4v) is 4.69. The minimum atomic E-state index is -3.86. The van der Waals surface area contributed by atoms with Crippen LogP contribution in [0, 0.1) is 23.7 Å². The summed E-state index contributed by atoms with van der Waals surface area (Å²) in [5.74, 6) is 0.669. The van der Waals surface area contributed by atoms with Crippen molar-refractivity contribution in [3.63, 3.8) is 0 Å². The highest BCUT2D eigenvalue weighted by molar-refractivity contribution is 7.90. The van der Waals surface area contributed by atoms with Crippen LogP contribution in [0.1, 0.15) is 47.0 Å². The lowest BCUT2D eigenvalue weighted by molar-refractivity contribution is -0.124. The average Bonchev–Trinajstić information content (AvgIpc) is 2.53. The van der Waals surface area contributed by atoms with Crippen LogP contribution < -0.4 is 10.0 Å². The van der Waals surface area contributed by atoms with Crippen LogP contribution in [-0.2, 0) is 19.6 Å². The molecule has 2 amide bonds. The Morgan fingerprint density at radius 2 is 1.73 bits per heavy atom. The molecule has 2 rings (SSSR count). The molecule has 1 aromatic rings. The predicted molar refractivity (Wildman–Crippen MR) is 101 cm³/mol. The van der Waals surface area contributed by atoms with Crippen molar-refractivity contribution >= 4 is 27.5 Å². The fraction of sp³-hybridized carbons (Fsp3) is 0.579. The lowest BCUT2D eigenvalue weighted by atomic mass is 9.70. The molecule has 0 bridgehead atoms. The van der Waals surface area contributed by atoms with E-state index in [1.54, 1.807) is 12.1 Å². The SMILES string of the molecule is CC(=O)NS(=O)(=O)c1ccc(NC(=O)[C@@H]2C[C@@H](C)CC[C@@H]2C(C)C)cc1. The van der Waals surface area contributed by atoms with Crippen LogP contribution in [0.3, 0.4) is 0 Å². The monoisotopic (exact) mass is 380 g/mol. The van der Waals surface area contributed by atoms with Crippen molar-refractivity contribution in [3.8, 4) is 0 Å². The summed E-state index contributed by atoms with van der Waals surface area (Å²) >= 11 is 0. The van der Waals surface area contributed by atoms with E-state index in [0.717, 1.165) is 26.2 Å². The summed E-state index contributed by atoms with van der Waals surface area (Å²) in [5.41, 5.74) is 0.553. The van der Waals surface area contributed by atoms with Gasteiger partial charge < -0.3 is 5.32 Å². The quantitative estimate of drug-likeness (QED) is 0.821. The van der Waals surface area contributed by atoms with Crippen LogP contribution in [0.25, 0.3) is 0 Å². The molecule has 0 aromatic heterocycles. The molecule has 26 heavy (non-hydrogen) atoms. The highest BCUT2D eigenvalue weighted by Gasteiger charge is 2.35. The number of amides is 2. The van der Waals surface area contributed by atoms with Gasteiger partial charge in [0, 0.05) is 18.5 Å². The van der Waals surface area contributed by atoms with E-state index in [9.17, 15) is 18.0 Å². The Balaban J connectivity index is 2.10. The van der Waals surface area contributed by atoms with Gasteiger partial charge in [-0.2, -0.15) is 0 Å². The predicted octanol–water partition coefficient (Wildman–Crippen LogP) is 3.16. The number of sulfonamides is 1. The van der Waals surface area contributed by atoms with Crippen LogP contribution in [-0.4, -0.2) is 20.2 Å². The van der Waals surface area contributed by atoms with E-state index in [1.807, 2.05) is 4.72 Å². The van der Waals surface area contributed by atoms with Gasteiger partial charge in [-0.1, -0.05) is 27.2 Å². The Morgan fingerprint density at radius 3 is 2.27 bits per heavy atom. The maximum absolute atomic E-state index is 12.8. The minimum Gasteiger partial charge on any atom is -0.326 e. The van der Waals surface area contributed by atoms with E-state index >= 15 is 0 Å². The molecule has 0 saturated heterocycles. The topological polar surface area (TPSA) is 92.3 Å². The number of rotatable bonds is 5. The van der Waals surface area contributed by atoms with Gasteiger partial charge in [0.25, 0.3) is 10.0 Å². The van der Waals surface area contributed by atoms with Gasteiger partial charge in [0.1, 0.15) is 0 Å². The second-order valence-electron chi connectivity index (χ2n) is 7.61. The molecule has 6 nitrogen and oxygen atoms in total. The number of hydrogen-bond donors (Lipinski definition) is 2. The van der Waals surface area contributed by atoms with Crippen LogP contribution >= 0.6 is 0 Å². The van der Waals surface area contributed by atoms with Crippen LogP contribution in [0.5, 0.6) is 0 Å². The van der Waals surface area contributed by atoms with E-state index in [-0.39, 0.29) is 16.7 Å². The number of carbonyl (C=O) groups excluding carboxylic acids is 2. The first kappa shape index (κ1) is 20.4. The van der Waals surface area contributed by atoms with Crippen LogP contribution in [0.2, 0.25) is 0 Å². The molecular formula is C19H28N2O4S. The third kappa shape index (κ3) is 5.06. The molecule has 0 aliphatic heterocycles. The van der Waals surface area contributed by atoms with Crippen molar-refractivity contribution in [2.45, 2.75) is 51.9 Å². The Morgan fingerprint density at radius 1 is 1.12 bits per heavy atom. The Hall–Kier alpha value is -1.89. The van der Waals surface area contributed by atoms with Gasteiger partial charge in [-0.05, 0) is 54.9 Å². The van der Waals surface area contributed by atoms with Crippen molar-refractivity contribution in [1.82, 2.24) is 4.72 Å². The number of nitrogens with one attached hydrogen (secondary N) is 2. The zero-order valence-corrected chi connectivity index (χ0v) is 16.6. The molecule has 2 N–H and O–H groups in total. The molecule has 3 atom stereocenters. The van der Waals surface area contributed by atoms with Crippen LogP contribution in [0.4, 0.5) is 5.69 Å². The molecule has 1 fully saturated rings. The first-order valence-corrected chi connectivity index (χ1v) is 10.5. The molecule has 0 unspecified atom stereocenters. The summed E-state index contributed by atoms with van der Waals surface area (Å²) in [6.45, 7) is 7.63. The maximum atomic E-state index is 12.8. The highest BCUT2D eigenvalue weighted by atomic mass is 32.2. The Labute approximate surface area is 155 Å². The summed E-state index contributed by atoms with van der Waals surface area (Å²) in [7, 11) is -3.86. The van der Waals surface area contributed by atoms with E-state index < -0.39 is 15.9 Å². The Bertz CT molecular complexity index is 756. The minimum absolute atomic E-state index is 0.00674. The Kier molecular flexibility index (Phi) is 6.44. The second-order valence-corrected chi connectivity index (χ2v) is 9.29. The maximum Gasteiger partial charge on any atom is 0.264 e. The van der Waals surface area contributed by atoms with Crippen molar-refractivity contribution in [3.05, 3.63) is 24.3 Å². The van der Waals surface area contributed by atoms with Gasteiger partial charge in [0.05, 0.1) is 4.90 Å². The first-order chi connectivity index (χ1) is 12.1. The van der Waals surface area contributed by atoms with Crippen molar-refractivity contribution in [2.24, 2.45) is 23.7 Å². The highest BCUT2D eigenvalue weighted by Crippen LogP contribution is 2.38. The summed E-state index contributed by atoms with van der Waals surface area (Å²) in [6.07, 6.45) is 3.09. The zero-order chi connectivity index (χ0) is 19.5. The molecule has 1 saturated carbocycles. The van der Waals surface area contributed by atoms with Gasteiger partial charge in [-0.3, -0.25) is 9.59 Å². The number of benzene rings is 1. The van der Waals surface area contributed by atoms with E-state index in [0.29, 0.717) is 23.4 Å². The number of carbonyl (C=O) groups is 2. The first-order valence-electron chi connectivity index (χ1n) is 9.04. The lowest BCUT2D eigenvalue weighted by Gasteiger charge is -2.36. The molecule has 0 heterocycles. The van der Waals surface area contributed by atoms with Crippen molar-refractivity contribution in [2.75, 3.05) is 5.32 Å². The molecular weight excluding hydrogens is 352 g/mol. The van der Waals surface area contributed by atoms with Gasteiger partial charge >= 0.3 is 0 Å². The normalized spacial score (nSPS) is 23.5. The third-order valence-corrected chi connectivity index (χ3v) is 6.52. The number of hydrogen-bond acceptors (Lipinski definition) is 4. The summed E-state index contributed by atoms with van der Waals surface area (Å²) in [4.78, 5) is 23.7. The van der Waals surface area contributed by atoms with Gasteiger partial charge in [-0.25, -0.2) is 13.1 Å². The van der Waals surface area contributed by atoms with Gasteiger partial charge in [0.2, 0.25) is 11.8 Å². The summed E-state index contributed by atoms with van der Waals surface area (Å²) < 4.78 is 25.8. The zero-order valence-electron chi connectivity index (χ0n) is 15.8. The smallest absolute Gasteiger partial charge is 0.264 e. The molecule has 0 spiro atoms. The molecule has 1 aliphatic rings. The molecule has 1 aromatic carbocycles. The van der Waals surface area contributed by atoms with Crippen molar-refractivity contribution in [1.29, 1.82) is 0 Å². The van der Waals surface area contributed by atoms with E-state index in [2.05, 4.69) is 26.1 Å². The average molecular weight is 381 g/mol. The molecule has 1 aliphatic carbocycles.